The minimum Gasteiger partial charge on any atom is -0.480 e. The number of carboxylic acids is 1. The van der Waals surface area contributed by atoms with Crippen molar-refractivity contribution in [1.82, 2.24) is 20.1 Å². The second-order valence-electron chi connectivity index (χ2n) is 7.13. The number of nitrogens with zero attached hydrogens (tertiary/aromatic N) is 4. The van der Waals surface area contributed by atoms with Crippen LogP contribution in [0.25, 0.3) is 6.08 Å². The zero-order chi connectivity index (χ0) is 20.6. The van der Waals surface area contributed by atoms with E-state index >= 15 is 0 Å². The Morgan fingerprint density at radius 3 is 2.97 bits per heavy atom. The number of pyridine rings is 1. The lowest BCUT2D eigenvalue weighted by atomic mass is 9.81. The lowest BCUT2D eigenvalue weighted by Gasteiger charge is -2.40. The molecule has 0 saturated carbocycles. The molecule has 11 heteroatoms. The Morgan fingerprint density at radius 1 is 1.48 bits per heavy atom. The van der Waals surface area contributed by atoms with Gasteiger partial charge in [-0.15, -0.1) is 10.2 Å². The van der Waals surface area contributed by atoms with Gasteiger partial charge in [-0.25, -0.2) is 9.59 Å². The number of anilines is 1. The first-order valence-electron chi connectivity index (χ1n) is 8.77. The summed E-state index contributed by atoms with van der Waals surface area (Å²) in [6.07, 6.45) is 2.91. The largest absolute Gasteiger partial charge is 0.480 e. The van der Waals surface area contributed by atoms with Crippen LogP contribution >= 0.6 is 11.3 Å². The summed E-state index contributed by atoms with van der Waals surface area (Å²) in [7, 11) is 0. The summed E-state index contributed by atoms with van der Waals surface area (Å²) < 4.78 is 5.25. The van der Waals surface area contributed by atoms with E-state index in [9.17, 15) is 19.5 Å². The highest BCUT2D eigenvalue weighted by Crippen LogP contribution is 2.49. The highest BCUT2D eigenvalue weighted by molar-refractivity contribution is 7.13. The molecule has 2 aromatic rings. The molecule has 0 aliphatic carbocycles. The first-order valence-corrected chi connectivity index (χ1v) is 9.65. The van der Waals surface area contributed by atoms with Crippen LogP contribution in [0.2, 0.25) is 0 Å². The number of β-lactam (4-membered cyclic amide) rings is 1. The van der Waals surface area contributed by atoms with Crippen molar-refractivity contribution in [3.8, 4) is 0 Å². The number of hydrogen-bond acceptors (Lipinski definition) is 8. The third kappa shape index (κ3) is 3.44. The molecule has 2 aliphatic heterocycles. The van der Waals surface area contributed by atoms with Gasteiger partial charge in [-0.2, -0.15) is 0 Å². The first-order chi connectivity index (χ1) is 13.9. The van der Waals surface area contributed by atoms with Crippen LogP contribution in [0.15, 0.2) is 35.5 Å². The number of fused-ring (bicyclic) bond motifs is 1. The van der Waals surface area contributed by atoms with E-state index in [1.165, 1.54) is 10.4 Å². The fourth-order valence-corrected chi connectivity index (χ4v) is 4.26. The van der Waals surface area contributed by atoms with E-state index in [0.717, 1.165) is 11.3 Å². The fraction of sp³-hybridized carbons (Fsp3) is 0.333. The molecule has 2 N–H and O–H groups in total. The molecule has 4 rings (SSSR count). The lowest BCUT2D eigenvalue weighted by molar-refractivity contribution is -0.155. The number of carbonyl (C=O) groups is 3. The van der Waals surface area contributed by atoms with Crippen molar-refractivity contribution in [2.45, 2.75) is 25.4 Å². The van der Waals surface area contributed by atoms with E-state index in [2.05, 4.69) is 20.5 Å². The molecule has 0 aromatic carbocycles. The van der Waals surface area contributed by atoms with Gasteiger partial charge < -0.3 is 14.7 Å². The molecule has 3 atom stereocenters. The average molecular weight is 415 g/mol. The van der Waals surface area contributed by atoms with Crippen molar-refractivity contribution in [2.75, 3.05) is 11.9 Å². The SMILES string of the molecule is C[C@@]1(COC(=O)Nc2nncs2)CC2/C(=C\c3ccccn3)C(=O)N2[C@H]1C(=O)O. The number of ether oxygens (including phenoxy) is 1. The molecule has 0 spiro atoms. The van der Waals surface area contributed by atoms with Gasteiger partial charge in [0.2, 0.25) is 5.13 Å². The van der Waals surface area contributed by atoms with Crippen LogP contribution in [0.3, 0.4) is 0 Å². The van der Waals surface area contributed by atoms with Crippen LogP contribution < -0.4 is 5.32 Å². The van der Waals surface area contributed by atoms with Gasteiger partial charge >= 0.3 is 12.1 Å². The molecule has 0 bridgehead atoms. The van der Waals surface area contributed by atoms with E-state index in [1.54, 1.807) is 31.3 Å². The van der Waals surface area contributed by atoms with Crippen LogP contribution in [-0.4, -0.2) is 61.8 Å². The maximum Gasteiger partial charge on any atom is 0.413 e. The quantitative estimate of drug-likeness (QED) is 0.556. The van der Waals surface area contributed by atoms with Crippen LogP contribution in [0.1, 0.15) is 19.0 Å². The predicted molar refractivity (Wildman–Crippen MR) is 102 cm³/mol. The molecule has 2 saturated heterocycles. The van der Waals surface area contributed by atoms with Crippen LogP contribution in [-0.2, 0) is 14.3 Å². The summed E-state index contributed by atoms with van der Waals surface area (Å²) in [6.45, 7) is 1.54. The Morgan fingerprint density at radius 2 is 2.31 bits per heavy atom. The van der Waals surface area contributed by atoms with Crippen LogP contribution in [0.4, 0.5) is 9.93 Å². The number of hydrogen-bond donors (Lipinski definition) is 2. The minimum absolute atomic E-state index is 0.161. The third-order valence-corrected chi connectivity index (χ3v) is 5.71. The Labute approximate surface area is 169 Å². The normalized spacial score (nSPS) is 26.7. The minimum atomic E-state index is -1.13. The van der Waals surface area contributed by atoms with E-state index in [4.69, 9.17) is 4.74 Å². The molecule has 29 heavy (non-hydrogen) atoms. The second-order valence-corrected chi connectivity index (χ2v) is 7.96. The number of carbonyl (C=O) groups excluding carboxylic acids is 2. The van der Waals surface area contributed by atoms with Gasteiger partial charge in [-0.3, -0.25) is 15.1 Å². The molecule has 150 valence electrons. The smallest absolute Gasteiger partial charge is 0.413 e. The van der Waals surface area contributed by atoms with Crippen molar-refractivity contribution in [1.29, 1.82) is 0 Å². The molecular formula is C18H17N5O5S. The topological polar surface area (TPSA) is 135 Å². The number of amides is 2. The maximum absolute atomic E-state index is 12.6. The Balaban J connectivity index is 1.50. The van der Waals surface area contributed by atoms with Gasteiger partial charge in [-0.1, -0.05) is 24.3 Å². The number of nitrogens with one attached hydrogen (secondary N) is 1. The lowest BCUT2D eigenvalue weighted by Crippen LogP contribution is -2.58. The molecule has 4 heterocycles. The summed E-state index contributed by atoms with van der Waals surface area (Å²) in [5.74, 6) is -1.47. The summed E-state index contributed by atoms with van der Waals surface area (Å²) in [5.41, 5.74) is 1.66. The van der Waals surface area contributed by atoms with Gasteiger partial charge in [-0.05, 0) is 24.6 Å². The Hall–Kier alpha value is -3.34. The molecular weight excluding hydrogens is 398 g/mol. The Kier molecular flexibility index (Phi) is 4.74. The molecule has 1 unspecified atom stereocenters. The van der Waals surface area contributed by atoms with Gasteiger partial charge in [0.05, 0.1) is 11.7 Å². The molecule has 2 aliphatic rings. The first kappa shape index (κ1) is 19.0. The standard InChI is InChI=1S/C18H17N5O5S/c1-18(8-28-17(27)21-16-22-20-9-29-16)7-12-11(6-10-4-2-3-5-19-10)14(24)23(12)13(18)15(25)26/h2-6,9,12-13H,7-8H2,1H3,(H,25,26)(H,21,22,27)/b11-6+/t12?,13-,18-/m0/s1. The van der Waals surface area contributed by atoms with Crippen LogP contribution in [0.5, 0.6) is 0 Å². The highest BCUT2D eigenvalue weighted by Gasteiger charge is 2.62. The van der Waals surface area contributed by atoms with E-state index < -0.39 is 23.5 Å². The summed E-state index contributed by atoms with van der Waals surface area (Å²) in [6, 6.07) is 3.91. The van der Waals surface area contributed by atoms with Gasteiger partial charge in [0.1, 0.15) is 18.2 Å². The average Bonchev–Trinajstić information content (AvgIpc) is 3.30. The fourth-order valence-electron chi connectivity index (χ4n) is 3.83. The molecule has 2 fully saturated rings. The zero-order valence-corrected chi connectivity index (χ0v) is 16.1. The van der Waals surface area contributed by atoms with E-state index in [0.29, 0.717) is 17.7 Å². The van der Waals surface area contributed by atoms with Crippen molar-refractivity contribution in [3.05, 3.63) is 41.2 Å². The molecule has 0 radical (unpaired) electrons. The second kappa shape index (κ2) is 7.24. The van der Waals surface area contributed by atoms with Crippen LogP contribution in [0, 0.1) is 5.41 Å². The number of rotatable bonds is 5. The monoisotopic (exact) mass is 415 g/mol. The van der Waals surface area contributed by atoms with Gasteiger partial charge in [0.15, 0.2) is 0 Å². The van der Waals surface area contributed by atoms with Crippen molar-refractivity contribution >= 4 is 40.5 Å². The summed E-state index contributed by atoms with van der Waals surface area (Å²) in [4.78, 5) is 42.1. The van der Waals surface area contributed by atoms with Crippen molar-refractivity contribution in [3.63, 3.8) is 0 Å². The van der Waals surface area contributed by atoms with Gasteiger partial charge in [0, 0.05) is 17.2 Å². The summed E-state index contributed by atoms with van der Waals surface area (Å²) in [5, 5.41) is 19.7. The van der Waals surface area contributed by atoms with Crippen molar-refractivity contribution in [2.24, 2.45) is 5.41 Å². The number of aliphatic carboxylic acids is 1. The number of aromatic nitrogens is 3. The van der Waals surface area contributed by atoms with Gasteiger partial charge in [0.25, 0.3) is 5.91 Å². The third-order valence-electron chi connectivity index (χ3n) is 5.10. The summed E-state index contributed by atoms with van der Waals surface area (Å²) >= 11 is 1.13. The maximum atomic E-state index is 12.6. The predicted octanol–water partition coefficient (Wildman–Crippen LogP) is 1.64. The molecule has 2 amide bonds. The van der Waals surface area contributed by atoms with Crippen molar-refractivity contribution < 1.29 is 24.2 Å². The Bertz CT molecular complexity index is 980. The molecule has 2 aromatic heterocycles. The van der Waals surface area contributed by atoms with E-state index in [-0.39, 0.29) is 23.7 Å². The zero-order valence-electron chi connectivity index (χ0n) is 15.3. The number of carboxylic acid groups (broad SMARTS) is 1. The highest BCUT2D eigenvalue weighted by atomic mass is 32.1. The molecule has 10 nitrogen and oxygen atoms in total. The van der Waals surface area contributed by atoms with E-state index in [1.807, 2.05) is 6.07 Å².